The van der Waals surface area contributed by atoms with E-state index < -0.39 is 0 Å². The number of carbonyl (C=O) groups excluding carboxylic acids is 1. The largest absolute Gasteiger partial charge is 0.352 e. The normalized spacial score (nSPS) is 19.3. The molecular weight excluding hydrogens is 376 g/mol. The summed E-state index contributed by atoms with van der Waals surface area (Å²) in [5.74, 6) is 0.457. The van der Waals surface area contributed by atoms with Crippen LogP contribution in [0.1, 0.15) is 47.7 Å². The zero-order valence-electron chi connectivity index (χ0n) is 14.5. The van der Waals surface area contributed by atoms with Crippen molar-refractivity contribution in [3.63, 3.8) is 0 Å². The van der Waals surface area contributed by atoms with Gasteiger partial charge in [-0.05, 0) is 69.0 Å². The molecule has 2 aliphatic rings. The zero-order chi connectivity index (χ0) is 16.5. The Labute approximate surface area is 165 Å². The smallest absolute Gasteiger partial charge is 0.252 e. The first-order valence-electron chi connectivity index (χ1n) is 8.80. The maximum absolute atomic E-state index is 13.7. The first-order chi connectivity index (χ1) is 11.7. The summed E-state index contributed by atoms with van der Waals surface area (Å²) in [5.41, 5.74) is 2.20. The zero-order valence-corrected chi connectivity index (χ0v) is 16.1. The Morgan fingerprint density at radius 1 is 1.23 bits per heavy atom. The van der Waals surface area contributed by atoms with Crippen molar-refractivity contribution >= 4 is 41.6 Å². The van der Waals surface area contributed by atoms with Gasteiger partial charge in [0.2, 0.25) is 0 Å². The lowest BCUT2D eigenvalue weighted by atomic mass is 9.99. The number of pyridine rings is 1. The highest BCUT2D eigenvalue weighted by molar-refractivity contribution is 6.06. The van der Waals surface area contributed by atoms with Gasteiger partial charge in [0.25, 0.3) is 5.91 Å². The first kappa shape index (κ1) is 20.9. The Balaban J connectivity index is 0.00000121. The molecule has 7 heteroatoms. The highest BCUT2D eigenvalue weighted by Crippen LogP contribution is 2.40. The Kier molecular flexibility index (Phi) is 7.21. The monoisotopic (exact) mass is 399 g/mol. The van der Waals surface area contributed by atoms with E-state index in [1.54, 1.807) is 6.07 Å². The van der Waals surface area contributed by atoms with Crippen LogP contribution in [0.2, 0.25) is 0 Å². The van der Waals surface area contributed by atoms with Gasteiger partial charge in [-0.15, -0.1) is 24.8 Å². The van der Waals surface area contributed by atoms with Gasteiger partial charge < -0.3 is 10.6 Å². The van der Waals surface area contributed by atoms with E-state index in [4.69, 9.17) is 0 Å². The third kappa shape index (κ3) is 4.64. The van der Waals surface area contributed by atoms with Crippen molar-refractivity contribution in [2.75, 3.05) is 19.6 Å². The number of hydrogen-bond acceptors (Lipinski definition) is 3. The highest BCUT2D eigenvalue weighted by atomic mass is 35.5. The number of benzene rings is 1. The number of halogens is 3. The van der Waals surface area contributed by atoms with Gasteiger partial charge in [0.05, 0.1) is 11.1 Å². The van der Waals surface area contributed by atoms with E-state index in [1.165, 1.54) is 12.1 Å². The van der Waals surface area contributed by atoms with E-state index in [0.717, 1.165) is 44.5 Å². The number of piperidine rings is 1. The van der Waals surface area contributed by atoms with Crippen molar-refractivity contribution in [2.24, 2.45) is 5.92 Å². The molecule has 1 aromatic carbocycles. The summed E-state index contributed by atoms with van der Waals surface area (Å²) < 4.78 is 13.7. The Hall–Kier alpha value is -1.43. The molecule has 4 rings (SSSR count). The molecule has 2 fully saturated rings. The van der Waals surface area contributed by atoms with Crippen LogP contribution in [0.4, 0.5) is 4.39 Å². The molecule has 0 bridgehead atoms. The molecule has 1 aliphatic carbocycles. The van der Waals surface area contributed by atoms with Crippen molar-refractivity contribution < 1.29 is 9.18 Å². The van der Waals surface area contributed by atoms with E-state index in [9.17, 15) is 9.18 Å². The maximum atomic E-state index is 13.7. The number of hydrogen-bond donors (Lipinski definition) is 2. The van der Waals surface area contributed by atoms with Crippen LogP contribution in [-0.2, 0) is 0 Å². The topological polar surface area (TPSA) is 54.0 Å². The van der Waals surface area contributed by atoms with Crippen LogP contribution < -0.4 is 10.6 Å². The fourth-order valence-electron chi connectivity index (χ4n) is 3.43. The summed E-state index contributed by atoms with van der Waals surface area (Å²) in [6, 6.07) is 6.34. The lowest BCUT2D eigenvalue weighted by Gasteiger charge is -2.23. The predicted octanol–water partition coefficient (Wildman–Crippen LogP) is 3.82. The molecule has 26 heavy (non-hydrogen) atoms. The molecule has 2 heterocycles. The van der Waals surface area contributed by atoms with E-state index >= 15 is 0 Å². The molecule has 2 N–H and O–H groups in total. The summed E-state index contributed by atoms with van der Waals surface area (Å²) >= 11 is 0. The molecule has 1 unspecified atom stereocenters. The van der Waals surface area contributed by atoms with Gasteiger partial charge in [-0.25, -0.2) is 4.39 Å². The second-order valence-electron chi connectivity index (χ2n) is 6.95. The average molecular weight is 400 g/mol. The minimum atomic E-state index is -0.339. The molecule has 1 saturated heterocycles. The quantitative estimate of drug-likeness (QED) is 0.821. The number of amides is 1. The molecule has 1 aromatic heterocycles. The van der Waals surface area contributed by atoms with Gasteiger partial charge in [-0.3, -0.25) is 9.78 Å². The van der Waals surface area contributed by atoms with E-state index in [0.29, 0.717) is 34.8 Å². The lowest BCUT2D eigenvalue weighted by molar-refractivity contribution is 0.0946. The SMILES string of the molecule is Cl.Cl.O=C(NCC1CCCNC1)c1cc(C2CC2)nc2ccc(F)cc12. The third-order valence-corrected chi connectivity index (χ3v) is 4.98. The average Bonchev–Trinajstić information content (AvgIpc) is 3.45. The Bertz CT molecular complexity index is 777. The van der Waals surface area contributed by atoms with Crippen LogP contribution >= 0.6 is 24.8 Å². The number of nitrogens with one attached hydrogen (secondary N) is 2. The molecule has 4 nitrogen and oxygen atoms in total. The minimum Gasteiger partial charge on any atom is -0.352 e. The van der Waals surface area contributed by atoms with Gasteiger partial charge in [0.1, 0.15) is 5.82 Å². The van der Waals surface area contributed by atoms with E-state index in [1.807, 2.05) is 6.07 Å². The molecule has 1 atom stereocenters. The maximum Gasteiger partial charge on any atom is 0.252 e. The fraction of sp³-hybridized carbons (Fsp3) is 0.474. The van der Waals surface area contributed by atoms with Crippen LogP contribution in [0, 0.1) is 11.7 Å². The standard InChI is InChI=1S/C19H22FN3O.2ClH/c20-14-5-6-17-15(8-14)16(9-18(23-17)13-3-4-13)19(24)22-11-12-2-1-7-21-10-12;;/h5-6,8-9,12-13,21H,1-4,7,10-11H2,(H,22,24);2*1H. The van der Waals surface area contributed by atoms with Crippen molar-refractivity contribution in [3.05, 3.63) is 41.3 Å². The number of aromatic nitrogens is 1. The van der Waals surface area contributed by atoms with Gasteiger partial charge in [0.15, 0.2) is 0 Å². The highest BCUT2D eigenvalue weighted by Gasteiger charge is 2.27. The summed E-state index contributed by atoms with van der Waals surface area (Å²) in [5, 5.41) is 6.99. The molecule has 1 aliphatic heterocycles. The fourth-order valence-corrected chi connectivity index (χ4v) is 3.43. The van der Waals surface area contributed by atoms with Crippen LogP contribution in [0.25, 0.3) is 10.9 Å². The second kappa shape index (κ2) is 8.98. The molecule has 142 valence electrons. The molecule has 1 saturated carbocycles. The summed E-state index contributed by atoms with van der Waals surface area (Å²) in [7, 11) is 0. The number of fused-ring (bicyclic) bond motifs is 1. The summed E-state index contributed by atoms with van der Waals surface area (Å²) in [6.07, 6.45) is 4.52. The molecule has 2 aromatic rings. The first-order valence-corrected chi connectivity index (χ1v) is 8.80. The van der Waals surface area contributed by atoms with Crippen molar-refractivity contribution in [1.82, 2.24) is 15.6 Å². The lowest BCUT2D eigenvalue weighted by Crippen LogP contribution is -2.38. The van der Waals surface area contributed by atoms with Gasteiger partial charge in [-0.2, -0.15) is 0 Å². The molecule has 1 amide bonds. The van der Waals surface area contributed by atoms with Crippen molar-refractivity contribution in [3.8, 4) is 0 Å². The van der Waals surface area contributed by atoms with Gasteiger partial charge in [-0.1, -0.05) is 0 Å². The van der Waals surface area contributed by atoms with Crippen molar-refractivity contribution in [1.29, 1.82) is 0 Å². The molecule has 0 radical (unpaired) electrons. The predicted molar refractivity (Wildman–Crippen MR) is 106 cm³/mol. The Morgan fingerprint density at radius 3 is 2.73 bits per heavy atom. The van der Waals surface area contributed by atoms with Gasteiger partial charge >= 0.3 is 0 Å². The minimum absolute atomic E-state index is 0. The second-order valence-corrected chi connectivity index (χ2v) is 6.95. The van der Waals surface area contributed by atoms with Crippen LogP contribution in [0.15, 0.2) is 24.3 Å². The van der Waals surface area contributed by atoms with Crippen LogP contribution in [-0.4, -0.2) is 30.5 Å². The Morgan fingerprint density at radius 2 is 2.04 bits per heavy atom. The molecular formula is C19H24Cl2FN3O. The van der Waals surface area contributed by atoms with Crippen molar-refractivity contribution in [2.45, 2.75) is 31.6 Å². The summed E-state index contributed by atoms with van der Waals surface area (Å²) in [4.78, 5) is 17.3. The van der Waals surface area contributed by atoms with Gasteiger partial charge in [0, 0.05) is 23.5 Å². The van der Waals surface area contributed by atoms with Crippen LogP contribution in [0.3, 0.4) is 0 Å². The summed E-state index contributed by atoms with van der Waals surface area (Å²) in [6.45, 7) is 2.66. The number of nitrogens with zero attached hydrogens (tertiary/aromatic N) is 1. The van der Waals surface area contributed by atoms with E-state index in [-0.39, 0.29) is 36.5 Å². The van der Waals surface area contributed by atoms with Crippen LogP contribution in [0.5, 0.6) is 0 Å². The number of carbonyl (C=O) groups is 1. The number of rotatable bonds is 4. The third-order valence-electron chi connectivity index (χ3n) is 4.98. The van der Waals surface area contributed by atoms with E-state index in [2.05, 4.69) is 15.6 Å². The molecule has 0 spiro atoms.